The summed E-state index contributed by atoms with van der Waals surface area (Å²) >= 11 is 0. The summed E-state index contributed by atoms with van der Waals surface area (Å²) in [6.07, 6.45) is -0.391. The van der Waals surface area contributed by atoms with Crippen LogP contribution in [0.2, 0.25) is 0 Å². The van der Waals surface area contributed by atoms with E-state index >= 15 is 0 Å². The van der Waals surface area contributed by atoms with Crippen LogP contribution in [0.5, 0.6) is 0 Å². The Morgan fingerprint density at radius 2 is 1.70 bits per heavy atom. The molecule has 0 saturated carbocycles. The van der Waals surface area contributed by atoms with Gasteiger partial charge < -0.3 is 10.6 Å². The maximum Gasteiger partial charge on any atom is 0.269 e. The standard InChI is InChI=1S/C14H11N3O3/c18-14-11-3-1-2-4-12(11)15-13(16-14)9-5-7-10(8-6-9)17(19)20/h1-8,13,15H,(H,16,18)/t13-/m0/s1. The molecule has 20 heavy (non-hydrogen) atoms. The molecule has 1 heterocycles. The SMILES string of the molecule is O=C1N[C@@H](c2ccc([N+](=O)[O-])cc2)Nc2ccccc21. The Labute approximate surface area is 114 Å². The Hall–Kier alpha value is -2.89. The van der Waals surface area contributed by atoms with E-state index in [0.717, 1.165) is 11.3 Å². The zero-order chi connectivity index (χ0) is 14.1. The van der Waals surface area contributed by atoms with Crippen LogP contribution in [0.1, 0.15) is 22.1 Å². The van der Waals surface area contributed by atoms with Gasteiger partial charge in [0.2, 0.25) is 0 Å². The van der Waals surface area contributed by atoms with E-state index in [0.29, 0.717) is 5.56 Å². The normalized spacial score (nSPS) is 16.8. The number of para-hydroxylation sites is 1. The third-order valence-electron chi connectivity index (χ3n) is 3.18. The molecule has 1 atom stereocenters. The molecule has 3 rings (SSSR count). The summed E-state index contributed by atoms with van der Waals surface area (Å²) < 4.78 is 0. The number of nitrogens with one attached hydrogen (secondary N) is 2. The molecule has 0 radical (unpaired) electrons. The number of carbonyl (C=O) groups is 1. The van der Waals surface area contributed by atoms with Crippen molar-refractivity contribution in [3.05, 3.63) is 69.8 Å². The van der Waals surface area contributed by atoms with Gasteiger partial charge in [-0.2, -0.15) is 0 Å². The van der Waals surface area contributed by atoms with Crippen LogP contribution in [-0.4, -0.2) is 10.8 Å². The van der Waals surface area contributed by atoms with Gasteiger partial charge in [0.05, 0.1) is 10.5 Å². The third-order valence-corrected chi connectivity index (χ3v) is 3.18. The third kappa shape index (κ3) is 2.07. The fourth-order valence-corrected chi connectivity index (χ4v) is 2.16. The van der Waals surface area contributed by atoms with Crippen molar-refractivity contribution in [2.24, 2.45) is 0 Å². The average Bonchev–Trinajstić information content (AvgIpc) is 2.47. The van der Waals surface area contributed by atoms with Crippen LogP contribution in [0.25, 0.3) is 0 Å². The lowest BCUT2D eigenvalue weighted by Crippen LogP contribution is -2.38. The van der Waals surface area contributed by atoms with Gasteiger partial charge in [-0.05, 0) is 29.8 Å². The maximum atomic E-state index is 12.0. The second kappa shape index (κ2) is 4.65. The molecule has 1 aliphatic rings. The molecule has 0 unspecified atom stereocenters. The maximum absolute atomic E-state index is 12.0. The predicted molar refractivity (Wildman–Crippen MR) is 73.4 cm³/mol. The molecule has 6 nitrogen and oxygen atoms in total. The first kappa shape index (κ1) is 12.2. The molecular formula is C14H11N3O3. The van der Waals surface area contributed by atoms with E-state index < -0.39 is 11.1 Å². The largest absolute Gasteiger partial charge is 0.361 e. The van der Waals surface area contributed by atoms with E-state index in [9.17, 15) is 14.9 Å². The number of hydrogen-bond donors (Lipinski definition) is 2. The van der Waals surface area contributed by atoms with Crippen LogP contribution in [0.15, 0.2) is 48.5 Å². The van der Waals surface area contributed by atoms with Gasteiger partial charge in [0.15, 0.2) is 0 Å². The zero-order valence-corrected chi connectivity index (χ0v) is 10.4. The zero-order valence-electron chi connectivity index (χ0n) is 10.4. The Balaban J connectivity index is 1.90. The second-order valence-electron chi connectivity index (χ2n) is 4.45. The molecule has 0 spiro atoms. The van der Waals surface area contributed by atoms with Gasteiger partial charge in [-0.1, -0.05) is 12.1 Å². The molecule has 1 aliphatic heterocycles. The Morgan fingerprint density at radius 1 is 1.00 bits per heavy atom. The number of carbonyl (C=O) groups excluding carboxylic acids is 1. The van der Waals surface area contributed by atoms with Gasteiger partial charge in [0.1, 0.15) is 6.17 Å². The average molecular weight is 269 g/mol. The summed E-state index contributed by atoms with van der Waals surface area (Å²) in [5.74, 6) is -0.164. The highest BCUT2D eigenvalue weighted by molar-refractivity contribution is 6.01. The highest BCUT2D eigenvalue weighted by atomic mass is 16.6. The fourth-order valence-electron chi connectivity index (χ4n) is 2.16. The highest BCUT2D eigenvalue weighted by Gasteiger charge is 2.24. The van der Waals surface area contributed by atoms with Crippen molar-refractivity contribution in [2.75, 3.05) is 5.32 Å². The minimum absolute atomic E-state index is 0.0243. The van der Waals surface area contributed by atoms with Crippen molar-refractivity contribution in [3.63, 3.8) is 0 Å². The monoisotopic (exact) mass is 269 g/mol. The van der Waals surface area contributed by atoms with Crippen molar-refractivity contribution < 1.29 is 9.72 Å². The topological polar surface area (TPSA) is 84.3 Å². The van der Waals surface area contributed by atoms with Crippen molar-refractivity contribution in [1.29, 1.82) is 0 Å². The summed E-state index contributed by atoms with van der Waals surface area (Å²) in [5, 5.41) is 16.6. The van der Waals surface area contributed by atoms with E-state index in [1.54, 1.807) is 24.3 Å². The molecule has 2 aromatic carbocycles. The van der Waals surface area contributed by atoms with E-state index in [2.05, 4.69) is 10.6 Å². The number of rotatable bonds is 2. The van der Waals surface area contributed by atoms with Crippen molar-refractivity contribution in [2.45, 2.75) is 6.17 Å². The van der Waals surface area contributed by atoms with Crippen LogP contribution >= 0.6 is 0 Å². The van der Waals surface area contributed by atoms with Gasteiger partial charge >= 0.3 is 0 Å². The predicted octanol–water partition coefficient (Wildman–Crippen LogP) is 2.45. The molecule has 2 aromatic rings. The number of nitro groups is 1. The van der Waals surface area contributed by atoms with E-state index in [1.165, 1.54) is 12.1 Å². The summed E-state index contributed by atoms with van der Waals surface area (Å²) in [7, 11) is 0. The van der Waals surface area contributed by atoms with E-state index in [-0.39, 0.29) is 11.6 Å². The smallest absolute Gasteiger partial charge is 0.269 e. The first-order valence-electron chi connectivity index (χ1n) is 6.06. The minimum atomic E-state index is -0.452. The first-order valence-corrected chi connectivity index (χ1v) is 6.06. The van der Waals surface area contributed by atoms with Gasteiger partial charge in [-0.15, -0.1) is 0 Å². The number of benzene rings is 2. The fraction of sp³-hybridized carbons (Fsp3) is 0.0714. The molecule has 1 amide bonds. The number of fused-ring (bicyclic) bond motifs is 1. The molecule has 0 bridgehead atoms. The summed E-state index contributed by atoms with van der Waals surface area (Å²) in [6.45, 7) is 0. The molecule has 0 aromatic heterocycles. The van der Waals surface area contributed by atoms with Crippen molar-refractivity contribution in [3.8, 4) is 0 Å². The molecule has 0 fully saturated rings. The lowest BCUT2D eigenvalue weighted by molar-refractivity contribution is -0.384. The summed E-state index contributed by atoms with van der Waals surface area (Å²) in [5.41, 5.74) is 2.13. The summed E-state index contributed by atoms with van der Waals surface area (Å²) in [4.78, 5) is 22.2. The van der Waals surface area contributed by atoms with Crippen LogP contribution in [0.4, 0.5) is 11.4 Å². The number of non-ortho nitro benzene ring substituents is 1. The number of amides is 1. The quantitative estimate of drug-likeness (QED) is 0.647. The van der Waals surface area contributed by atoms with Crippen LogP contribution in [0, 0.1) is 10.1 Å². The van der Waals surface area contributed by atoms with Gasteiger partial charge in [0.25, 0.3) is 11.6 Å². The van der Waals surface area contributed by atoms with E-state index in [4.69, 9.17) is 0 Å². The van der Waals surface area contributed by atoms with Crippen LogP contribution in [-0.2, 0) is 0 Å². The molecule has 0 saturated heterocycles. The van der Waals surface area contributed by atoms with Gasteiger partial charge in [-0.25, -0.2) is 0 Å². The minimum Gasteiger partial charge on any atom is -0.361 e. The Bertz CT molecular complexity index is 682. The second-order valence-corrected chi connectivity index (χ2v) is 4.45. The first-order chi connectivity index (χ1) is 9.65. The molecule has 2 N–H and O–H groups in total. The number of nitro benzene ring substituents is 1. The van der Waals surface area contributed by atoms with E-state index in [1.807, 2.05) is 12.1 Å². The molecule has 6 heteroatoms. The van der Waals surface area contributed by atoms with Crippen LogP contribution in [0.3, 0.4) is 0 Å². The van der Waals surface area contributed by atoms with Gasteiger partial charge in [-0.3, -0.25) is 14.9 Å². The Morgan fingerprint density at radius 3 is 2.40 bits per heavy atom. The Kier molecular flexibility index (Phi) is 2.83. The molecule has 0 aliphatic carbocycles. The van der Waals surface area contributed by atoms with Gasteiger partial charge in [0, 0.05) is 17.8 Å². The lowest BCUT2D eigenvalue weighted by atomic mass is 10.1. The number of anilines is 1. The molecule has 100 valence electrons. The van der Waals surface area contributed by atoms with Crippen molar-refractivity contribution >= 4 is 17.3 Å². The highest BCUT2D eigenvalue weighted by Crippen LogP contribution is 2.26. The van der Waals surface area contributed by atoms with Crippen LogP contribution < -0.4 is 10.6 Å². The van der Waals surface area contributed by atoms with Crippen molar-refractivity contribution in [1.82, 2.24) is 5.32 Å². The lowest BCUT2D eigenvalue weighted by Gasteiger charge is -2.28. The summed E-state index contributed by atoms with van der Waals surface area (Å²) in [6, 6.07) is 13.3. The number of nitrogens with zero attached hydrogens (tertiary/aromatic N) is 1. The molecular weight excluding hydrogens is 258 g/mol. The number of hydrogen-bond acceptors (Lipinski definition) is 4.